The van der Waals surface area contributed by atoms with E-state index in [0.29, 0.717) is 24.1 Å². The minimum atomic E-state index is -3.98. The molecule has 1 aliphatic rings. The molecule has 2 aromatic carbocycles. The van der Waals surface area contributed by atoms with Crippen LogP contribution in [0.15, 0.2) is 53.4 Å². The number of benzene rings is 2. The summed E-state index contributed by atoms with van der Waals surface area (Å²) < 4.78 is 32.9. The second-order valence-electron chi connectivity index (χ2n) is 8.04. The number of Topliss-reactive ketones (excluding diaryl/α,β-unsaturated/α-hetero) is 1. The zero-order valence-corrected chi connectivity index (χ0v) is 19.6. The van der Waals surface area contributed by atoms with Gasteiger partial charge in [0.05, 0.1) is 24.1 Å². The van der Waals surface area contributed by atoms with Crippen LogP contribution in [0, 0.1) is 0 Å². The van der Waals surface area contributed by atoms with Gasteiger partial charge in [0.25, 0.3) is 0 Å². The lowest BCUT2D eigenvalue weighted by Crippen LogP contribution is -2.45. The van der Waals surface area contributed by atoms with Crippen LogP contribution in [0.5, 0.6) is 0 Å². The monoisotopic (exact) mass is 472 g/mol. The van der Waals surface area contributed by atoms with Crippen LogP contribution >= 0.6 is 0 Å². The summed E-state index contributed by atoms with van der Waals surface area (Å²) in [6.45, 7) is 1.12. The van der Waals surface area contributed by atoms with Gasteiger partial charge in [-0.25, -0.2) is 13.2 Å². The molecule has 8 nitrogen and oxygen atoms in total. The summed E-state index contributed by atoms with van der Waals surface area (Å²) in [6.07, 6.45) is 4.19. The van der Waals surface area contributed by atoms with Gasteiger partial charge < -0.3 is 10.1 Å². The van der Waals surface area contributed by atoms with Crippen molar-refractivity contribution in [3.63, 3.8) is 0 Å². The van der Waals surface area contributed by atoms with Gasteiger partial charge >= 0.3 is 5.97 Å². The molecule has 176 valence electrons. The molecule has 0 unspecified atom stereocenters. The number of carbonyl (C=O) groups is 3. The largest absolute Gasteiger partial charge is 0.465 e. The SMILES string of the molecule is COC(=O)c1ccc(S(=O)(=O)N(CC(=O)Nc2ccc(C(C)=O)cc2)C2CCCCC2)cc1. The van der Waals surface area contributed by atoms with Gasteiger partial charge in [-0.05, 0) is 68.3 Å². The van der Waals surface area contributed by atoms with Gasteiger partial charge in [-0.1, -0.05) is 19.3 Å². The molecule has 0 saturated heterocycles. The van der Waals surface area contributed by atoms with Crippen LogP contribution in [-0.2, 0) is 19.6 Å². The van der Waals surface area contributed by atoms with Crippen molar-refractivity contribution >= 4 is 33.4 Å². The number of rotatable bonds is 8. The molecule has 0 spiro atoms. The Morgan fingerprint density at radius 2 is 1.52 bits per heavy atom. The normalized spacial score (nSPS) is 14.6. The van der Waals surface area contributed by atoms with Gasteiger partial charge in [-0.3, -0.25) is 9.59 Å². The summed E-state index contributed by atoms with van der Waals surface area (Å²) in [6, 6.07) is 11.7. The molecule has 0 aliphatic heterocycles. The summed E-state index contributed by atoms with van der Waals surface area (Å²) in [5.74, 6) is -1.11. The highest BCUT2D eigenvalue weighted by Crippen LogP contribution is 2.28. The summed E-state index contributed by atoms with van der Waals surface area (Å²) in [7, 11) is -2.73. The van der Waals surface area contributed by atoms with Gasteiger partial charge in [0.1, 0.15) is 0 Å². The van der Waals surface area contributed by atoms with Gasteiger partial charge in [0, 0.05) is 17.3 Å². The topological polar surface area (TPSA) is 110 Å². The van der Waals surface area contributed by atoms with E-state index in [2.05, 4.69) is 10.1 Å². The maximum atomic E-state index is 13.5. The molecule has 3 rings (SSSR count). The Balaban J connectivity index is 1.82. The van der Waals surface area contributed by atoms with Crippen molar-refractivity contribution in [3.8, 4) is 0 Å². The number of nitrogens with zero attached hydrogens (tertiary/aromatic N) is 1. The van der Waals surface area contributed by atoms with Crippen LogP contribution in [0.3, 0.4) is 0 Å². The van der Waals surface area contributed by atoms with E-state index >= 15 is 0 Å². The molecule has 0 atom stereocenters. The second kappa shape index (κ2) is 10.7. The fraction of sp³-hybridized carbons (Fsp3) is 0.375. The number of hydrogen-bond acceptors (Lipinski definition) is 6. The summed E-state index contributed by atoms with van der Waals surface area (Å²) >= 11 is 0. The molecule has 0 aromatic heterocycles. The van der Waals surface area contributed by atoms with Crippen molar-refractivity contribution in [2.45, 2.75) is 50.0 Å². The number of sulfonamides is 1. The van der Waals surface area contributed by atoms with Gasteiger partial charge in [-0.2, -0.15) is 4.31 Å². The van der Waals surface area contributed by atoms with Crippen LogP contribution < -0.4 is 5.32 Å². The van der Waals surface area contributed by atoms with E-state index in [-0.39, 0.29) is 28.8 Å². The lowest BCUT2D eigenvalue weighted by molar-refractivity contribution is -0.116. The fourth-order valence-corrected chi connectivity index (χ4v) is 5.57. The van der Waals surface area contributed by atoms with Gasteiger partial charge in [0.2, 0.25) is 15.9 Å². The lowest BCUT2D eigenvalue weighted by Gasteiger charge is -2.33. The van der Waals surface area contributed by atoms with Crippen molar-refractivity contribution in [2.24, 2.45) is 0 Å². The van der Waals surface area contributed by atoms with Crippen molar-refractivity contribution in [1.82, 2.24) is 4.31 Å². The average Bonchev–Trinajstić information content (AvgIpc) is 2.83. The molecule has 1 N–H and O–H groups in total. The van der Waals surface area contributed by atoms with E-state index in [1.165, 1.54) is 42.6 Å². The summed E-state index contributed by atoms with van der Waals surface area (Å²) in [5, 5.41) is 2.72. The third-order valence-corrected chi connectivity index (χ3v) is 7.65. The van der Waals surface area contributed by atoms with Crippen LogP contribution in [0.25, 0.3) is 0 Å². The van der Waals surface area contributed by atoms with E-state index in [4.69, 9.17) is 0 Å². The van der Waals surface area contributed by atoms with E-state index in [1.54, 1.807) is 24.3 Å². The molecule has 1 amide bonds. The molecule has 0 radical (unpaired) electrons. The molecular weight excluding hydrogens is 444 g/mol. The first-order valence-electron chi connectivity index (χ1n) is 10.8. The Morgan fingerprint density at radius 1 is 0.939 bits per heavy atom. The van der Waals surface area contributed by atoms with Crippen LogP contribution in [0.4, 0.5) is 5.69 Å². The summed E-state index contributed by atoms with van der Waals surface area (Å²) in [4.78, 5) is 35.9. The first kappa shape index (κ1) is 24.6. The third-order valence-electron chi connectivity index (χ3n) is 5.74. The van der Waals surface area contributed by atoms with E-state index < -0.39 is 21.9 Å². The highest BCUT2D eigenvalue weighted by Gasteiger charge is 2.34. The molecular formula is C24H28N2O6S. The number of ketones is 1. The molecule has 33 heavy (non-hydrogen) atoms. The highest BCUT2D eigenvalue weighted by atomic mass is 32.2. The Labute approximate surface area is 194 Å². The molecule has 0 heterocycles. The predicted molar refractivity (Wildman–Crippen MR) is 124 cm³/mol. The van der Waals surface area contributed by atoms with Gasteiger partial charge in [-0.15, -0.1) is 0 Å². The highest BCUT2D eigenvalue weighted by molar-refractivity contribution is 7.89. The number of ether oxygens (including phenoxy) is 1. The van der Waals surface area contributed by atoms with Crippen molar-refractivity contribution in [1.29, 1.82) is 0 Å². The maximum absolute atomic E-state index is 13.5. The van der Waals surface area contributed by atoms with Crippen molar-refractivity contribution < 1.29 is 27.5 Å². The maximum Gasteiger partial charge on any atom is 0.337 e. The van der Waals surface area contributed by atoms with Crippen LogP contribution in [0.2, 0.25) is 0 Å². The number of esters is 1. The second-order valence-corrected chi connectivity index (χ2v) is 9.93. The number of hydrogen-bond donors (Lipinski definition) is 1. The minimum Gasteiger partial charge on any atom is -0.465 e. The zero-order valence-electron chi connectivity index (χ0n) is 18.7. The van der Waals surface area contributed by atoms with E-state index in [9.17, 15) is 22.8 Å². The van der Waals surface area contributed by atoms with Crippen molar-refractivity contribution in [2.75, 3.05) is 19.0 Å². The van der Waals surface area contributed by atoms with Crippen molar-refractivity contribution in [3.05, 3.63) is 59.7 Å². The van der Waals surface area contributed by atoms with Crippen LogP contribution in [-0.4, -0.2) is 50.1 Å². The number of amides is 1. The number of methoxy groups -OCH3 is 1. The molecule has 9 heteroatoms. The predicted octanol–water partition coefficient (Wildman–Crippen LogP) is 3.64. The number of anilines is 1. The molecule has 1 aliphatic carbocycles. The van der Waals surface area contributed by atoms with Gasteiger partial charge in [0.15, 0.2) is 5.78 Å². The lowest BCUT2D eigenvalue weighted by atomic mass is 9.95. The summed E-state index contributed by atoms with van der Waals surface area (Å²) in [5.41, 5.74) is 1.25. The first-order chi connectivity index (χ1) is 15.7. The quantitative estimate of drug-likeness (QED) is 0.464. The van der Waals surface area contributed by atoms with E-state index in [1.807, 2.05) is 0 Å². The Hall–Kier alpha value is -3.04. The van der Waals surface area contributed by atoms with E-state index in [0.717, 1.165) is 19.3 Å². The Kier molecular flexibility index (Phi) is 7.99. The standard InChI is InChI=1S/C24H28N2O6S/c1-17(27)18-8-12-20(13-9-18)25-23(28)16-26(21-6-4-3-5-7-21)33(30,31)22-14-10-19(11-15-22)24(29)32-2/h8-15,21H,3-7,16H2,1-2H3,(H,25,28). The zero-order chi connectivity index (χ0) is 24.0. The Bertz CT molecular complexity index is 1100. The number of nitrogens with one attached hydrogen (secondary N) is 1. The Morgan fingerprint density at radius 3 is 2.06 bits per heavy atom. The first-order valence-corrected chi connectivity index (χ1v) is 12.3. The fourth-order valence-electron chi connectivity index (χ4n) is 3.93. The molecule has 2 aromatic rings. The molecule has 1 fully saturated rings. The molecule has 0 bridgehead atoms. The average molecular weight is 473 g/mol. The molecule has 1 saturated carbocycles. The third kappa shape index (κ3) is 6.06. The minimum absolute atomic E-state index is 0.0133. The van der Waals surface area contributed by atoms with Crippen LogP contribution in [0.1, 0.15) is 59.7 Å². The number of carbonyl (C=O) groups excluding carboxylic acids is 3. The smallest absolute Gasteiger partial charge is 0.337 e.